The number of para-hydroxylation sites is 1. The predicted molar refractivity (Wildman–Crippen MR) is 93.7 cm³/mol. The number of hydrogen-bond donors (Lipinski definition) is 2. The quantitative estimate of drug-likeness (QED) is 0.754. The van der Waals surface area contributed by atoms with Gasteiger partial charge >= 0.3 is 5.97 Å². The Morgan fingerprint density at radius 1 is 1.09 bits per heavy atom. The van der Waals surface area contributed by atoms with Gasteiger partial charge in [-0.15, -0.1) is 0 Å². The molecule has 0 spiro atoms. The summed E-state index contributed by atoms with van der Waals surface area (Å²) in [5.41, 5.74) is 1.92. The molecule has 0 aliphatic heterocycles. The fourth-order valence-corrected chi connectivity index (χ4v) is 2.31. The largest absolute Gasteiger partial charge is 0.462 e. The zero-order valence-corrected chi connectivity index (χ0v) is 14.2. The molecule has 5 nitrogen and oxygen atoms in total. The zero-order chi connectivity index (χ0) is 16.7. The second-order valence-electron chi connectivity index (χ2n) is 4.68. The summed E-state index contributed by atoms with van der Waals surface area (Å²) in [5.74, 6) is -0.550. The first-order valence-electron chi connectivity index (χ1n) is 7.15. The van der Waals surface area contributed by atoms with E-state index in [1.54, 1.807) is 31.2 Å². The van der Waals surface area contributed by atoms with E-state index in [0.29, 0.717) is 17.9 Å². The Hall–Kier alpha value is -2.34. The zero-order valence-electron chi connectivity index (χ0n) is 12.6. The Morgan fingerprint density at radius 2 is 1.78 bits per heavy atom. The molecule has 0 heterocycles. The molecule has 6 heteroatoms. The number of rotatable bonds is 6. The molecule has 0 radical (unpaired) electrons. The highest BCUT2D eigenvalue weighted by atomic mass is 79.9. The molecule has 2 N–H and O–H groups in total. The van der Waals surface area contributed by atoms with E-state index in [4.69, 9.17) is 4.74 Å². The maximum absolute atomic E-state index is 11.9. The van der Waals surface area contributed by atoms with Crippen LogP contribution in [-0.2, 0) is 9.53 Å². The molecule has 0 fully saturated rings. The number of amides is 1. The number of esters is 1. The monoisotopic (exact) mass is 376 g/mol. The van der Waals surface area contributed by atoms with Crippen LogP contribution in [0.25, 0.3) is 0 Å². The number of hydrogen-bond acceptors (Lipinski definition) is 4. The van der Waals surface area contributed by atoms with Crippen LogP contribution >= 0.6 is 15.9 Å². The summed E-state index contributed by atoms with van der Waals surface area (Å²) < 4.78 is 5.80. The van der Waals surface area contributed by atoms with Crippen LogP contribution in [-0.4, -0.2) is 25.0 Å². The second kappa shape index (κ2) is 8.33. The molecule has 0 saturated carbocycles. The average Bonchev–Trinajstić information content (AvgIpc) is 2.55. The molecule has 120 valence electrons. The van der Waals surface area contributed by atoms with E-state index in [1.807, 2.05) is 24.3 Å². The third-order valence-corrected chi connectivity index (χ3v) is 3.68. The molecule has 0 aliphatic carbocycles. The number of carbonyl (C=O) groups excluding carboxylic acids is 2. The molecule has 0 bridgehead atoms. The summed E-state index contributed by atoms with van der Waals surface area (Å²) in [6.07, 6.45) is 0. The molecule has 0 atom stereocenters. The topological polar surface area (TPSA) is 67.4 Å². The molecule has 23 heavy (non-hydrogen) atoms. The van der Waals surface area contributed by atoms with Gasteiger partial charge in [0.2, 0.25) is 5.91 Å². The van der Waals surface area contributed by atoms with Crippen molar-refractivity contribution in [2.45, 2.75) is 6.92 Å². The van der Waals surface area contributed by atoms with Gasteiger partial charge < -0.3 is 15.4 Å². The van der Waals surface area contributed by atoms with Gasteiger partial charge in [0, 0.05) is 15.8 Å². The molecule has 0 aromatic heterocycles. The highest BCUT2D eigenvalue weighted by Gasteiger charge is 2.07. The summed E-state index contributed by atoms with van der Waals surface area (Å²) >= 11 is 3.41. The average molecular weight is 377 g/mol. The fraction of sp³-hybridized carbons (Fsp3) is 0.176. The second-order valence-corrected chi connectivity index (χ2v) is 5.53. The van der Waals surface area contributed by atoms with Gasteiger partial charge in [0.15, 0.2) is 0 Å². The first-order valence-corrected chi connectivity index (χ1v) is 7.95. The predicted octanol–water partition coefficient (Wildman–Crippen LogP) is 3.68. The SMILES string of the molecule is CCOC(=O)c1ccc(NC(=O)CNc2ccccc2Br)cc1. The molecule has 2 aromatic carbocycles. The van der Waals surface area contributed by atoms with Crippen LogP contribution in [0.2, 0.25) is 0 Å². The lowest BCUT2D eigenvalue weighted by molar-refractivity contribution is -0.114. The summed E-state index contributed by atoms with van der Waals surface area (Å²) in [4.78, 5) is 23.5. The van der Waals surface area contributed by atoms with E-state index >= 15 is 0 Å². The van der Waals surface area contributed by atoms with Crippen molar-refractivity contribution in [1.29, 1.82) is 0 Å². The number of benzene rings is 2. The normalized spacial score (nSPS) is 10.0. The van der Waals surface area contributed by atoms with Crippen LogP contribution in [0.15, 0.2) is 53.0 Å². The first-order chi connectivity index (χ1) is 11.1. The fourth-order valence-electron chi connectivity index (χ4n) is 1.89. The van der Waals surface area contributed by atoms with Gasteiger partial charge in [-0.05, 0) is 59.3 Å². The number of ether oxygens (including phenoxy) is 1. The number of carbonyl (C=O) groups is 2. The van der Waals surface area contributed by atoms with Crippen molar-refractivity contribution in [2.24, 2.45) is 0 Å². The highest BCUT2D eigenvalue weighted by molar-refractivity contribution is 9.10. The maximum atomic E-state index is 11.9. The molecule has 1 amide bonds. The van der Waals surface area contributed by atoms with E-state index in [0.717, 1.165) is 10.2 Å². The summed E-state index contributed by atoms with van der Waals surface area (Å²) in [6, 6.07) is 14.1. The van der Waals surface area contributed by atoms with Crippen LogP contribution in [0, 0.1) is 0 Å². The number of nitrogens with one attached hydrogen (secondary N) is 2. The Kier molecular flexibility index (Phi) is 6.17. The lowest BCUT2D eigenvalue weighted by Gasteiger charge is -2.09. The lowest BCUT2D eigenvalue weighted by atomic mass is 10.2. The Morgan fingerprint density at radius 3 is 2.43 bits per heavy atom. The van der Waals surface area contributed by atoms with Crippen molar-refractivity contribution in [1.82, 2.24) is 0 Å². The smallest absolute Gasteiger partial charge is 0.338 e. The van der Waals surface area contributed by atoms with E-state index in [9.17, 15) is 9.59 Å². The van der Waals surface area contributed by atoms with Gasteiger partial charge in [-0.25, -0.2) is 4.79 Å². The number of anilines is 2. The molecule has 0 aliphatic rings. The third-order valence-electron chi connectivity index (χ3n) is 2.99. The van der Waals surface area contributed by atoms with E-state index in [1.165, 1.54) is 0 Å². The van der Waals surface area contributed by atoms with Crippen molar-refractivity contribution in [3.63, 3.8) is 0 Å². The van der Waals surface area contributed by atoms with Gasteiger partial charge in [-0.2, -0.15) is 0 Å². The van der Waals surface area contributed by atoms with Crippen molar-refractivity contribution >= 4 is 39.2 Å². The lowest BCUT2D eigenvalue weighted by Crippen LogP contribution is -2.21. The van der Waals surface area contributed by atoms with Crippen molar-refractivity contribution < 1.29 is 14.3 Å². The van der Waals surface area contributed by atoms with Crippen molar-refractivity contribution in [3.8, 4) is 0 Å². The van der Waals surface area contributed by atoms with Gasteiger partial charge in [-0.3, -0.25) is 4.79 Å². The molecule has 2 rings (SSSR count). The molecule has 2 aromatic rings. The minimum absolute atomic E-state index is 0.141. The minimum Gasteiger partial charge on any atom is -0.462 e. The summed E-state index contributed by atoms with van der Waals surface area (Å²) in [6.45, 7) is 2.23. The minimum atomic E-state index is -0.374. The van der Waals surface area contributed by atoms with Gasteiger partial charge in [-0.1, -0.05) is 12.1 Å². The van der Waals surface area contributed by atoms with Gasteiger partial charge in [0.1, 0.15) is 0 Å². The van der Waals surface area contributed by atoms with Crippen molar-refractivity contribution in [2.75, 3.05) is 23.8 Å². The molecular weight excluding hydrogens is 360 g/mol. The first kappa shape index (κ1) is 17.0. The molecule has 0 saturated heterocycles. The summed E-state index contributed by atoms with van der Waals surface area (Å²) in [5, 5.41) is 5.81. The Labute approximate surface area is 143 Å². The third kappa shape index (κ3) is 5.10. The van der Waals surface area contributed by atoms with Crippen LogP contribution < -0.4 is 10.6 Å². The molecular formula is C17H17BrN2O3. The maximum Gasteiger partial charge on any atom is 0.338 e. The molecule has 0 unspecified atom stereocenters. The van der Waals surface area contributed by atoms with Gasteiger partial charge in [0.25, 0.3) is 0 Å². The standard InChI is InChI=1S/C17H17BrN2O3/c1-2-23-17(22)12-7-9-13(10-8-12)20-16(21)11-19-15-6-4-3-5-14(15)18/h3-10,19H,2,11H2,1H3,(H,20,21). The van der Waals surface area contributed by atoms with Crippen LogP contribution in [0.4, 0.5) is 11.4 Å². The highest BCUT2D eigenvalue weighted by Crippen LogP contribution is 2.20. The van der Waals surface area contributed by atoms with E-state index in [2.05, 4.69) is 26.6 Å². The Bertz CT molecular complexity index is 686. The van der Waals surface area contributed by atoms with Crippen LogP contribution in [0.5, 0.6) is 0 Å². The summed E-state index contributed by atoms with van der Waals surface area (Å²) in [7, 11) is 0. The Balaban J connectivity index is 1.88. The van der Waals surface area contributed by atoms with Gasteiger partial charge in [0.05, 0.1) is 18.7 Å². The number of halogens is 1. The van der Waals surface area contributed by atoms with Crippen molar-refractivity contribution in [3.05, 3.63) is 58.6 Å². The van der Waals surface area contributed by atoms with Crippen LogP contribution in [0.1, 0.15) is 17.3 Å². The van der Waals surface area contributed by atoms with E-state index in [-0.39, 0.29) is 18.4 Å². The van der Waals surface area contributed by atoms with Crippen LogP contribution in [0.3, 0.4) is 0 Å². The van der Waals surface area contributed by atoms with E-state index < -0.39 is 0 Å².